The summed E-state index contributed by atoms with van der Waals surface area (Å²) in [5, 5.41) is 0. The van der Waals surface area contributed by atoms with Gasteiger partial charge in [-0.3, -0.25) is 9.59 Å². The summed E-state index contributed by atoms with van der Waals surface area (Å²) < 4.78 is 0. The molecule has 2 saturated heterocycles. The Morgan fingerprint density at radius 1 is 0.857 bits per heavy atom. The molecule has 2 fully saturated rings. The molecule has 0 aliphatic carbocycles. The van der Waals surface area contributed by atoms with Gasteiger partial charge in [-0.05, 0) is 0 Å². The minimum absolute atomic E-state index is 0.132. The summed E-state index contributed by atoms with van der Waals surface area (Å²) in [7, 11) is 0. The number of carbonyl (C=O) groups is 2. The van der Waals surface area contributed by atoms with Gasteiger partial charge in [0.05, 0.1) is 0 Å². The van der Waals surface area contributed by atoms with Gasteiger partial charge in [0, 0.05) is 38.0 Å². The quantitative estimate of drug-likeness (QED) is 0.593. The van der Waals surface area contributed by atoms with Gasteiger partial charge in [0.2, 0.25) is 11.8 Å². The molecule has 2 atom stereocenters. The Labute approximate surface area is 83.9 Å². The highest BCUT2D eigenvalue weighted by atomic mass is 16.2. The van der Waals surface area contributed by atoms with E-state index in [0.29, 0.717) is 0 Å². The summed E-state index contributed by atoms with van der Waals surface area (Å²) in [6.07, 6.45) is 0. The van der Waals surface area contributed by atoms with Crippen molar-refractivity contribution < 1.29 is 9.59 Å². The number of amides is 2. The van der Waals surface area contributed by atoms with E-state index in [2.05, 4.69) is 0 Å². The Balaban J connectivity index is 1.91. The van der Waals surface area contributed by atoms with Crippen LogP contribution in [0, 0.1) is 11.8 Å². The largest absolute Gasteiger partial charge is 0.339 e. The second-order valence-corrected chi connectivity index (χ2v) is 4.23. The summed E-state index contributed by atoms with van der Waals surface area (Å²) in [4.78, 5) is 26.9. The zero-order chi connectivity index (χ0) is 10.3. The molecule has 2 rings (SSSR count). The third kappa shape index (κ3) is 1.74. The van der Waals surface area contributed by atoms with Crippen molar-refractivity contribution >= 4 is 11.8 Å². The van der Waals surface area contributed by atoms with Gasteiger partial charge in [0.25, 0.3) is 0 Å². The van der Waals surface area contributed by atoms with Gasteiger partial charge in [-0.25, -0.2) is 0 Å². The topological polar surface area (TPSA) is 40.2 Å². The zero-order valence-electron chi connectivity index (χ0n) is 8.69. The first-order valence-corrected chi connectivity index (χ1v) is 5.19. The monoisotopic (exact) mass is 196 g/mol. The molecule has 0 radical (unpaired) electrons. The first kappa shape index (κ1) is 9.49. The molecule has 14 heavy (non-hydrogen) atoms. The fourth-order valence-corrected chi connectivity index (χ4v) is 1.54. The number of carbonyl (C=O) groups excluding carboxylic acids is 2. The normalized spacial score (nSPS) is 23.0. The van der Waals surface area contributed by atoms with Gasteiger partial charge in [-0.2, -0.15) is 0 Å². The third-order valence-electron chi connectivity index (χ3n) is 3.05. The van der Waals surface area contributed by atoms with Crippen LogP contribution in [-0.2, 0) is 9.59 Å². The molecule has 0 aromatic heterocycles. The van der Waals surface area contributed by atoms with Crippen LogP contribution in [0.3, 0.4) is 0 Å². The average Bonchev–Trinajstić information content (AvgIpc) is 3.05. The Bertz CT molecular complexity index is 241. The van der Waals surface area contributed by atoms with Gasteiger partial charge in [-0.15, -0.1) is 0 Å². The molecule has 2 aliphatic heterocycles. The van der Waals surface area contributed by atoms with Crippen molar-refractivity contribution in [3.63, 3.8) is 0 Å². The molecule has 78 valence electrons. The molecule has 2 heterocycles. The summed E-state index contributed by atoms with van der Waals surface area (Å²) >= 11 is 0. The van der Waals surface area contributed by atoms with Crippen LogP contribution in [0.25, 0.3) is 0 Å². The Morgan fingerprint density at radius 3 is 1.36 bits per heavy atom. The van der Waals surface area contributed by atoms with Crippen LogP contribution in [0.15, 0.2) is 0 Å². The lowest BCUT2D eigenvalue weighted by Crippen LogP contribution is -2.32. The molecule has 2 unspecified atom stereocenters. The lowest BCUT2D eigenvalue weighted by molar-refractivity contribution is -0.138. The van der Waals surface area contributed by atoms with Crippen LogP contribution >= 0.6 is 0 Å². The van der Waals surface area contributed by atoms with E-state index in [1.165, 1.54) is 0 Å². The van der Waals surface area contributed by atoms with Gasteiger partial charge < -0.3 is 9.80 Å². The lowest BCUT2D eigenvalue weighted by atomic mass is 9.94. The van der Waals surface area contributed by atoms with E-state index < -0.39 is 0 Å². The lowest BCUT2D eigenvalue weighted by Gasteiger charge is -2.18. The fraction of sp³-hybridized carbons (Fsp3) is 0.800. The highest BCUT2D eigenvalue weighted by Gasteiger charge is 2.37. The van der Waals surface area contributed by atoms with Crippen LogP contribution in [0.1, 0.15) is 13.8 Å². The first-order chi connectivity index (χ1) is 6.61. The summed E-state index contributed by atoms with van der Waals surface area (Å²) in [6.45, 7) is 7.18. The molecule has 2 amide bonds. The first-order valence-electron chi connectivity index (χ1n) is 5.19. The summed E-state index contributed by atoms with van der Waals surface area (Å²) in [5.41, 5.74) is 0. The van der Waals surface area contributed by atoms with E-state index in [1.54, 1.807) is 9.80 Å². The van der Waals surface area contributed by atoms with Crippen molar-refractivity contribution in [2.24, 2.45) is 11.8 Å². The maximum atomic E-state index is 11.6. The van der Waals surface area contributed by atoms with Gasteiger partial charge >= 0.3 is 0 Å². The van der Waals surface area contributed by atoms with Crippen molar-refractivity contribution in [1.82, 2.24) is 9.80 Å². The van der Waals surface area contributed by atoms with Crippen molar-refractivity contribution in [3.8, 4) is 0 Å². The van der Waals surface area contributed by atoms with Gasteiger partial charge in [-0.1, -0.05) is 13.8 Å². The number of nitrogens with zero attached hydrogens (tertiary/aromatic N) is 2. The molecule has 0 saturated carbocycles. The number of hydrogen-bond donors (Lipinski definition) is 0. The summed E-state index contributed by atoms with van der Waals surface area (Å²) in [5.74, 6) is -0.0587. The molecular weight excluding hydrogens is 180 g/mol. The molecule has 0 bridgehead atoms. The van der Waals surface area contributed by atoms with Crippen LogP contribution in [0.2, 0.25) is 0 Å². The van der Waals surface area contributed by atoms with E-state index in [9.17, 15) is 9.59 Å². The SMILES string of the molecule is CC(C(=O)N1CC1)C(C)C(=O)N1CC1. The Hall–Kier alpha value is -1.06. The van der Waals surface area contributed by atoms with Crippen LogP contribution in [-0.4, -0.2) is 47.8 Å². The highest BCUT2D eigenvalue weighted by molar-refractivity contribution is 5.88. The van der Waals surface area contributed by atoms with Crippen molar-refractivity contribution in [3.05, 3.63) is 0 Å². The predicted molar refractivity (Wildman–Crippen MR) is 51.5 cm³/mol. The highest BCUT2D eigenvalue weighted by Crippen LogP contribution is 2.22. The van der Waals surface area contributed by atoms with E-state index in [-0.39, 0.29) is 23.7 Å². The maximum Gasteiger partial charge on any atom is 0.226 e. The van der Waals surface area contributed by atoms with Gasteiger partial charge in [0.15, 0.2) is 0 Å². The van der Waals surface area contributed by atoms with Crippen molar-refractivity contribution in [2.45, 2.75) is 13.8 Å². The molecule has 4 heteroatoms. The van der Waals surface area contributed by atoms with E-state index in [1.807, 2.05) is 13.8 Å². The zero-order valence-corrected chi connectivity index (χ0v) is 8.69. The molecule has 4 nitrogen and oxygen atoms in total. The smallest absolute Gasteiger partial charge is 0.226 e. The van der Waals surface area contributed by atoms with Crippen LogP contribution in [0.4, 0.5) is 0 Å². The molecule has 0 N–H and O–H groups in total. The third-order valence-corrected chi connectivity index (χ3v) is 3.05. The summed E-state index contributed by atoms with van der Waals surface area (Å²) in [6, 6.07) is 0. The molecule has 0 spiro atoms. The minimum atomic E-state index is -0.161. The van der Waals surface area contributed by atoms with Crippen molar-refractivity contribution in [2.75, 3.05) is 26.2 Å². The molecule has 0 aromatic rings. The van der Waals surface area contributed by atoms with Crippen molar-refractivity contribution in [1.29, 1.82) is 0 Å². The molecular formula is C10H16N2O2. The Kier molecular flexibility index (Phi) is 2.21. The van der Waals surface area contributed by atoms with E-state index >= 15 is 0 Å². The number of hydrogen-bond acceptors (Lipinski definition) is 2. The fourth-order valence-electron chi connectivity index (χ4n) is 1.54. The maximum absolute atomic E-state index is 11.6. The average molecular weight is 196 g/mol. The van der Waals surface area contributed by atoms with E-state index in [4.69, 9.17) is 0 Å². The standard InChI is InChI=1S/C10H16N2O2/c1-7(9(13)11-3-4-11)8(2)10(14)12-5-6-12/h7-8H,3-6H2,1-2H3. The second-order valence-electron chi connectivity index (χ2n) is 4.23. The Morgan fingerprint density at radius 2 is 1.14 bits per heavy atom. The molecule has 2 aliphatic rings. The second kappa shape index (κ2) is 3.26. The van der Waals surface area contributed by atoms with Gasteiger partial charge in [0.1, 0.15) is 0 Å². The minimum Gasteiger partial charge on any atom is -0.339 e. The molecule has 0 aromatic carbocycles. The number of rotatable bonds is 3. The van der Waals surface area contributed by atoms with E-state index in [0.717, 1.165) is 26.2 Å². The predicted octanol–water partition coefficient (Wildman–Crippen LogP) is -0.0570. The van der Waals surface area contributed by atoms with Crippen LogP contribution < -0.4 is 0 Å². The van der Waals surface area contributed by atoms with Crippen LogP contribution in [0.5, 0.6) is 0 Å².